The maximum Gasteiger partial charge on any atom is 0.295 e. The Morgan fingerprint density at radius 1 is 1.06 bits per heavy atom. The van der Waals surface area contributed by atoms with Crippen molar-refractivity contribution in [3.8, 4) is 5.69 Å². The third-order valence-corrected chi connectivity index (χ3v) is 6.77. The summed E-state index contributed by atoms with van der Waals surface area (Å²) in [6.45, 7) is 5.11. The van der Waals surface area contributed by atoms with E-state index in [1.165, 1.54) is 17.2 Å². The number of halogens is 1. The highest BCUT2D eigenvalue weighted by molar-refractivity contribution is 6.46. The Kier molecular flexibility index (Phi) is 6.67. The lowest BCUT2D eigenvalue weighted by Gasteiger charge is -2.31. The van der Waals surface area contributed by atoms with Crippen molar-refractivity contribution in [1.82, 2.24) is 19.6 Å². The smallest absolute Gasteiger partial charge is 0.295 e. The van der Waals surface area contributed by atoms with Crippen molar-refractivity contribution in [2.24, 2.45) is 0 Å². The van der Waals surface area contributed by atoms with Crippen LogP contribution in [-0.2, 0) is 14.3 Å². The van der Waals surface area contributed by atoms with Gasteiger partial charge in [-0.25, -0.2) is 9.07 Å². The summed E-state index contributed by atoms with van der Waals surface area (Å²) in [5, 5.41) is 15.8. The number of carbonyl (C=O) groups excluding carboxylic acids is 2. The van der Waals surface area contributed by atoms with E-state index < -0.39 is 23.5 Å². The second kappa shape index (κ2) is 10.0. The van der Waals surface area contributed by atoms with Crippen molar-refractivity contribution in [1.29, 1.82) is 0 Å². The second-order valence-corrected chi connectivity index (χ2v) is 8.86. The maximum absolute atomic E-state index is 15.0. The number of amides is 1. The van der Waals surface area contributed by atoms with Gasteiger partial charge in [-0.3, -0.25) is 14.5 Å². The zero-order valence-corrected chi connectivity index (χ0v) is 19.9. The van der Waals surface area contributed by atoms with E-state index in [4.69, 9.17) is 4.74 Å². The van der Waals surface area contributed by atoms with E-state index in [2.05, 4.69) is 10.00 Å². The molecule has 1 atom stereocenters. The van der Waals surface area contributed by atoms with Crippen LogP contribution in [0, 0.1) is 12.7 Å². The molecular formula is C27H27FN4O4. The topological polar surface area (TPSA) is 87.9 Å². The largest absolute Gasteiger partial charge is 0.507 e. The molecule has 0 radical (unpaired) electrons. The Morgan fingerprint density at radius 2 is 1.75 bits per heavy atom. The van der Waals surface area contributed by atoms with E-state index in [1.807, 2.05) is 30.3 Å². The van der Waals surface area contributed by atoms with Gasteiger partial charge in [0.15, 0.2) is 0 Å². The number of aromatic nitrogens is 2. The molecule has 2 aromatic carbocycles. The number of aliphatic hydroxyl groups excluding tert-OH is 1. The van der Waals surface area contributed by atoms with Crippen molar-refractivity contribution in [3.05, 3.63) is 89.0 Å². The van der Waals surface area contributed by atoms with Crippen LogP contribution in [0.1, 0.15) is 22.9 Å². The second-order valence-electron chi connectivity index (χ2n) is 8.86. The lowest BCUT2D eigenvalue weighted by Crippen LogP contribution is -2.42. The van der Waals surface area contributed by atoms with Crippen LogP contribution in [0.25, 0.3) is 11.4 Å². The molecule has 3 heterocycles. The predicted octanol–water partition coefficient (Wildman–Crippen LogP) is 3.07. The summed E-state index contributed by atoms with van der Waals surface area (Å²) < 4.78 is 22.0. The molecule has 0 saturated carbocycles. The number of likely N-dealkylation sites (tertiary alicyclic amines) is 1. The van der Waals surface area contributed by atoms with Crippen LogP contribution in [0.15, 0.2) is 66.4 Å². The highest BCUT2D eigenvalue weighted by atomic mass is 19.1. The zero-order valence-electron chi connectivity index (χ0n) is 19.9. The Balaban J connectivity index is 1.57. The monoisotopic (exact) mass is 490 g/mol. The van der Waals surface area contributed by atoms with Gasteiger partial charge in [0.05, 0.1) is 48.0 Å². The third kappa shape index (κ3) is 4.31. The first kappa shape index (κ1) is 23.9. The van der Waals surface area contributed by atoms with Gasteiger partial charge in [-0.1, -0.05) is 36.4 Å². The predicted molar refractivity (Wildman–Crippen MR) is 131 cm³/mol. The molecule has 0 spiro atoms. The molecule has 8 nitrogen and oxygen atoms in total. The molecule has 186 valence electrons. The molecule has 1 unspecified atom stereocenters. The molecule has 0 bridgehead atoms. The summed E-state index contributed by atoms with van der Waals surface area (Å²) in [7, 11) is 0. The van der Waals surface area contributed by atoms with Crippen molar-refractivity contribution in [2.75, 3.05) is 39.4 Å². The molecule has 2 aliphatic rings. The van der Waals surface area contributed by atoms with Crippen molar-refractivity contribution in [2.45, 2.75) is 13.0 Å². The molecule has 5 rings (SSSR count). The average molecular weight is 491 g/mol. The molecule has 2 fully saturated rings. The average Bonchev–Trinajstić information content (AvgIpc) is 3.41. The minimum absolute atomic E-state index is 0.136. The number of carbonyl (C=O) groups is 2. The lowest BCUT2D eigenvalue weighted by molar-refractivity contribution is -0.140. The van der Waals surface area contributed by atoms with Crippen molar-refractivity contribution in [3.63, 3.8) is 0 Å². The van der Waals surface area contributed by atoms with E-state index in [0.717, 1.165) is 5.69 Å². The molecular weight excluding hydrogens is 463 g/mol. The third-order valence-electron chi connectivity index (χ3n) is 6.77. The number of ketones is 1. The molecule has 1 aromatic heterocycles. The molecule has 1 amide bonds. The summed E-state index contributed by atoms with van der Waals surface area (Å²) in [5.41, 5.74) is 1.71. The normalized spacial score (nSPS) is 20.3. The number of aliphatic hydroxyl groups is 1. The van der Waals surface area contributed by atoms with Crippen LogP contribution in [0.2, 0.25) is 0 Å². The minimum atomic E-state index is -1.05. The van der Waals surface area contributed by atoms with Crippen molar-refractivity contribution < 1.29 is 23.8 Å². The number of hydrogen-bond acceptors (Lipinski definition) is 6. The molecule has 3 aromatic rings. The summed E-state index contributed by atoms with van der Waals surface area (Å²) >= 11 is 0. The summed E-state index contributed by atoms with van der Waals surface area (Å²) in [6, 6.07) is 14.3. The molecule has 2 saturated heterocycles. The zero-order chi connectivity index (χ0) is 25.2. The van der Waals surface area contributed by atoms with E-state index in [0.29, 0.717) is 44.1 Å². The van der Waals surface area contributed by atoms with Gasteiger partial charge in [-0.2, -0.15) is 5.10 Å². The van der Waals surface area contributed by atoms with Crippen LogP contribution in [0.3, 0.4) is 0 Å². The van der Waals surface area contributed by atoms with E-state index >= 15 is 4.39 Å². The first-order chi connectivity index (χ1) is 17.5. The number of rotatable bonds is 6. The number of morpholine rings is 1. The fraction of sp³-hybridized carbons (Fsp3) is 0.296. The van der Waals surface area contributed by atoms with Gasteiger partial charge < -0.3 is 14.7 Å². The Hall–Kier alpha value is -3.82. The molecule has 2 aliphatic heterocycles. The Morgan fingerprint density at radius 3 is 2.47 bits per heavy atom. The first-order valence-electron chi connectivity index (χ1n) is 11.9. The number of Topliss-reactive ketones (excluding diaryl/α,β-unsaturated/α-hetero) is 1. The van der Waals surface area contributed by atoms with Gasteiger partial charge in [-0.15, -0.1) is 0 Å². The Labute approximate surface area is 208 Å². The number of benzene rings is 2. The van der Waals surface area contributed by atoms with Gasteiger partial charge >= 0.3 is 0 Å². The summed E-state index contributed by atoms with van der Waals surface area (Å²) in [5.74, 6) is -2.51. The highest BCUT2D eigenvalue weighted by Crippen LogP contribution is 2.40. The SMILES string of the molecule is Cc1c(/C(O)=C2\C(=O)C(=O)N(CCN3CCOCC3)C2c2ccccc2F)cnn1-c1ccccc1. The summed E-state index contributed by atoms with van der Waals surface area (Å²) in [4.78, 5) is 29.9. The molecule has 36 heavy (non-hydrogen) atoms. The quantitative estimate of drug-likeness (QED) is 0.325. The van der Waals surface area contributed by atoms with Gasteiger partial charge in [0.1, 0.15) is 11.6 Å². The van der Waals surface area contributed by atoms with Crippen molar-refractivity contribution >= 4 is 17.4 Å². The fourth-order valence-electron chi connectivity index (χ4n) is 4.82. The van der Waals surface area contributed by atoms with E-state index in [1.54, 1.807) is 29.8 Å². The maximum atomic E-state index is 15.0. The van der Waals surface area contributed by atoms with Crippen LogP contribution < -0.4 is 0 Å². The molecule has 9 heteroatoms. The molecule has 0 aliphatic carbocycles. The van der Waals surface area contributed by atoms with Gasteiger partial charge in [0.2, 0.25) is 0 Å². The standard InChI is InChI=1S/C27H27FN4O4/c1-18-21(17-29-32(18)19-7-3-2-4-8-19)25(33)23-24(20-9-5-6-10-22(20)28)31(27(35)26(23)34)12-11-30-13-15-36-16-14-30/h2-10,17,24,33H,11-16H2,1H3/b25-23+. The fourth-order valence-corrected chi connectivity index (χ4v) is 4.82. The lowest BCUT2D eigenvalue weighted by atomic mass is 9.95. The number of para-hydroxylation sites is 1. The van der Waals surface area contributed by atoms with Crippen LogP contribution in [0.4, 0.5) is 4.39 Å². The van der Waals surface area contributed by atoms with E-state index in [-0.39, 0.29) is 23.4 Å². The van der Waals surface area contributed by atoms with Crippen LogP contribution in [-0.4, -0.2) is 75.8 Å². The van der Waals surface area contributed by atoms with E-state index in [9.17, 15) is 14.7 Å². The van der Waals surface area contributed by atoms with Gasteiger partial charge in [-0.05, 0) is 25.1 Å². The Bertz CT molecular complexity index is 1310. The number of nitrogens with zero attached hydrogens (tertiary/aromatic N) is 4. The van der Waals surface area contributed by atoms with Gasteiger partial charge in [0, 0.05) is 31.7 Å². The van der Waals surface area contributed by atoms with Crippen LogP contribution >= 0.6 is 0 Å². The number of hydrogen-bond donors (Lipinski definition) is 1. The van der Waals surface area contributed by atoms with Gasteiger partial charge in [0.25, 0.3) is 11.7 Å². The molecule has 1 N–H and O–H groups in total. The number of ether oxygens (including phenoxy) is 1. The van der Waals surface area contributed by atoms with Crippen LogP contribution in [0.5, 0.6) is 0 Å². The highest BCUT2D eigenvalue weighted by Gasteiger charge is 2.47. The minimum Gasteiger partial charge on any atom is -0.507 e. The summed E-state index contributed by atoms with van der Waals surface area (Å²) in [6.07, 6.45) is 1.46. The first-order valence-corrected chi connectivity index (χ1v) is 11.9.